The number of halogens is 2. The van der Waals surface area contributed by atoms with Crippen molar-refractivity contribution in [1.82, 2.24) is 14.9 Å². The first-order valence-corrected chi connectivity index (χ1v) is 9.84. The van der Waals surface area contributed by atoms with Crippen LogP contribution in [-0.4, -0.2) is 38.5 Å². The molecule has 6 nitrogen and oxygen atoms in total. The molecule has 1 aromatic carbocycles. The molecule has 1 heterocycles. The van der Waals surface area contributed by atoms with Crippen molar-refractivity contribution in [2.75, 3.05) is 0 Å². The van der Waals surface area contributed by atoms with Crippen molar-refractivity contribution in [2.24, 2.45) is 5.92 Å². The third-order valence-corrected chi connectivity index (χ3v) is 4.82. The van der Waals surface area contributed by atoms with Crippen LogP contribution in [0.2, 0.25) is 10.0 Å². The van der Waals surface area contributed by atoms with E-state index in [9.17, 15) is 14.7 Å². The predicted molar refractivity (Wildman–Crippen MR) is 110 cm³/mol. The minimum Gasteiger partial charge on any atom is -0.480 e. The number of hydrogen-bond acceptors (Lipinski definition) is 4. The molecule has 2 N–H and O–H groups in total. The quantitative estimate of drug-likeness (QED) is 0.603. The van der Waals surface area contributed by atoms with Gasteiger partial charge in [-0.3, -0.25) is 14.9 Å². The van der Waals surface area contributed by atoms with Gasteiger partial charge in [-0.05, 0) is 43.0 Å². The first-order valence-electron chi connectivity index (χ1n) is 9.09. The number of carboxylic acids is 1. The van der Waals surface area contributed by atoms with E-state index in [2.05, 4.69) is 10.3 Å². The third kappa shape index (κ3) is 6.62. The van der Waals surface area contributed by atoms with E-state index in [1.807, 2.05) is 18.4 Å². The summed E-state index contributed by atoms with van der Waals surface area (Å²) in [4.78, 5) is 27.9. The number of nitrogens with one attached hydrogen (secondary N) is 1. The van der Waals surface area contributed by atoms with Crippen LogP contribution < -0.4 is 5.32 Å². The van der Waals surface area contributed by atoms with Crippen LogP contribution in [-0.2, 0) is 22.6 Å². The number of carbonyl (C=O) groups is 2. The Morgan fingerprint density at radius 2 is 1.82 bits per heavy atom. The van der Waals surface area contributed by atoms with Crippen LogP contribution in [0, 0.1) is 5.92 Å². The normalized spacial score (nSPS) is 13.5. The zero-order valence-electron chi connectivity index (χ0n) is 16.2. The fourth-order valence-electron chi connectivity index (χ4n) is 3.05. The van der Waals surface area contributed by atoms with Crippen LogP contribution in [0.5, 0.6) is 0 Å². The van der Waals surface area contributed by atoms with Crippen LogP contribution in [0.15, 0.2) is 30.7 Å². The molecule has 2 atom stereocenters. The molecule has 2 rings (SSSR count). The molecule has 0 saturated heterocycles. The molecular formula is C20H25Cl2N3O3. The Morgan fingerprint density at radius 1 is 1.18 bits per heavy atom. The molecule has 0 bridgehead atoms. The van der Waals surface area contributed by atoms with E-state index in [1.165, 1.54) is 6.92 Å². The molecule has 0 aliphatic carbocycles. The van der Waals surface area contributed by atoms with E-state index in [1.54, 1.807) is 30.7 Å². The summed E-state index contributed by atoms with van der Waals surface area (Å²) in [6.07, 6.45) is 4.06. The summed E-state index contributed by atoms with van der Waals surface area (Å²) in [7, 11) is 0. The number of carboxylic acid groups (broad SMARTS) is 1. The molecule has 2 unspecified atom stereocenters. The summed E-state index contributed by atoms with van der Waals surface area (Å²) in [5.41, 5.74) is 1.63. The van der Waals surface area contributed by atoms with Gasteiger partial charge in [-0.25, -0.2) is 4.98 Å². The van der Waals surface area contributed by atoms with Gasteiger partial charge < -0.3 is 9.67 Å². The topological polar surface area (TPSA) is 84.2 Å². The Kier molecular flexibility index (Phi) is 8.04. The van der Waals surface area contributed by atoms with E-state index >= 15 is 0 Å². The molecule has 2 aromatic rings. The van der Waals surface area contributed by atoms with Crippen molar-refractivity contribution in [2.45, 2.75) is 52.2 Å². The van der Waals surface area contributed by atoms with Crippen molar-refractivity contribution < 1.29 is 14.7 Å². The molecule has 0 aliphatic rings. The molecular weight excluding hydrogens is 401 g/mol. The minimum absolute atomic E-state index is 0.0676. The van der Waals surface area contributed by atoms with Gasteiger partial charge in [-0.15, -0.1) is 0 Å². The maximum Gasteiger partial charge on any atom is 0.321 e. The Balaban J connectivity index is 2.17. The van der Waals surface area contributed by atoms with Crippen LogP contribution >= 0.6 is 23.2 Å². The van der Waals surface area contributed by atoms with Crippen molar-refractivity contribution in [3.8, 4) is 0 Å². The highest BCUT2D eigenvalue weighted by atomic mass is 35.5. The van der Waals surface area contributed by atoms with Gasteiger partial charge >= 0.3 is 5.97 Å². The number of Topliss-reactive ketones (excluding diaryl/α,β-unsaturated/α-hetero) is 1. The SMILES string of the molecule is CC(=O)C(CC(C)C)NC(Cc1cncn1Cc1cc(Cl)cc(Cl)c1)C(=O)O. The van der Waals surface area contributed by atoms with E-state index in [0.29, 0.717) is 23.0 Å². The monoisotopic (exact) mass is 425 g/mol. The standard InChI is InChI=1S/C20H25Cl2N3O3/c1-12(2)4-18(13(3)26)24-19(20(27)28)8-17-9-23-11-25(17)10-14-5-15(21)7-16(22)6-14/h5-7,9,11-12,18-19,24H,4,8,10H2,1-3H3,(H,27,28). The molecule has 28 heavy (non-hydrogen) atoms. The lowest BCUT2D eigenvalue weighted by Gasteiger charge is -2.23. The summed E-state index contributed by atoms with van der Waals surface area (Å²) in [5, 5.41) is 13.7. The van der Waals surface area contributed by atoms with Crippen molar-refractivity contribution in [3.63, 3.8) is 0 Å². The Labute approximate surface area is 174 Å². The zero-order chi connectivity index (χ0) is 20.8. The number of aromatic nitrogens is 2. The predicted octanol–water partition coefficient (Wildman–Crippen LogP) is 3.83. The second kappa shape index (κ2) is 10.0. The highest BCUT2D eigenvalue weighted by Crippen LogP contribution is 2.20. The number of imidazole rings is 1. The van der Waals surface area contributed by atoms with Gasteiger partial charge in [-0.1, -0.05) is 37.0 Å². The average Bonchev–Trinajstić information content (AvgIpc) is 2.98. The summed E-state index contributed by atoms with van der Waals surface area (Å²) < 4.78 is 1.85. The van der Waals surface area contributed by atoms with Gasteiger partial charge in [0.25, 0.3) is 0 Å². The molecule has 0 fully saturated rings. The summed E-state index contributed by atoms with van der Waals surface area (Å²) >= 11 is 12.1. The van der Waals surface area contributed by atoms with Gasteiger partial charge in [0.2, 0.25) is 0 Å². The largest absolute Gasteiger partial charge is 0.480 e. The number of aliphatic carboxylic acids is 1. The summed E-state index contributed by atoms with van der Waals surface area (Å²) in [5.74, 6) is -0.801. The summed E-state index contributed by atoms with van der Waals surface area (Å²) in [6.45, 7) is 5.94. The lowest BCUT2D eigenvalue weighted by atomic mass is 9.99. The molecule has 152 valence electrons. The van der Waals surface area contributed by atoms with Crippen LogP contribution in [0.25, 0.3) is 0 Å². The van der Waals surface area contributed by atoms with E-state index in [4.69, 9.17) is 23.2 Å². The molecule has 0 amide bonds. The van der Waals surface area contributed by atoms with Crippen LogP contribution in [0.4, 0.5) is 0 Å². The van der Waals surface area contributed by atoms with E-state index in [0.717, 1.165) is 11.3 Å². The fourth-order valence-corrected chi connectivity index (χ4v) is 3.62. The van der Waals surface area contributed by atoms with E-state index in [-0.39, 0.29) is 18.1 Å². The summed E-state index contributed by atoms with van der Waals surface area (Å²) in [6, 6.07) is 3.87. The second-order valence-corrected chi connectivity index (χ2v) is 8.22. The lowest BCUT2D eigenvalue weighted by Crippen LogP contribution is -2.48. The first-order chi connectivity index (χ1) is 13.2. The number of rotatable bonds is 10. The number of hydrogen-bond donors (Lipinski definition) is 2. The van der Waals surface area contributed by atoms with Gasteiger partial charge in [0, 0.05) is 34.9 Å². The number of nitrogens with zero attached hydrogens (tertiary/aromatic N) is 2. The Morgan fingerprint density at radius 3 is 2.36 bits per heavy atom. The Bertz CT molecular complexity index is 816. The first kappa shape index (κ1) is 22.4. The third-order valence-electron chi connectivity index (χ3n) is 4.39. The molecule has 8 heteroatoms. The fraction of sp³-hybridized carbons (Fsp3) is 0.450. The molecule has 0 radical (unpaired) electrons. The molecule has 0 saturated carbocycles. The van der Waals surface area contributed by atoms with Gasteiger partial charge in [0.15, 0.2) is 0 Å². The minimum atomic E-state index is -1.01. The molecule has 1 aromatic heterocycles. The molecule has 0 spiro atoms. The van der Waals surface area contributed by atoms with E-state index < -0.39 is 18.1 Å². The van der Waals surface area contributed by atoms with Crippen LogP contribution in [0.1, 0.15) is 38.4 Å². The number of carbonyl (C=O) groups excluding carboxylic acids is 1. The Hall–Kier alpha value is -1.89. The molecule has 0 aliphatic heterocycles. The maximum absolute atomic E-state index is 11.9. The number of ketones is 1. The van der Waals surface area contributed by atoms with Gasteiger partial charge in [0.1, 0.15) is 11.8 Å². The van der Waals surface area contributed by atoms with Crippen molar-refractivity contribution in [1.29, 1.82) is 0 Å². The van der Waals surface area contributed by atoms with Crippen molar-refractivity contribution >= 4 is 35.0 Å². The van der Waals surface area contributed by atoms with Gasteiger partial charge in [-0.2, -0.15) is 0 Å². The highest BCUT2D eigenvalue weighted by molar-refractivity contribution is 6.34. The smallest absolute Gasteiger partial charge is 0.321 e. The van der Waals surface area contributed by atoms with Gasteiger partial charge in [0.05, 0.1) is 12.4 Å². The van der Waals surface area contributed by atoms with Crippen LogP contribution in [0.3, 0.4) is 0 Å². The second-order valence-electron chi connectivity index (χ2n) is 7.34. The van der Waals surface area contributed by atoms with Crippen molar-refractivity contribution in [3.05, 3.63) is 52.0 Å². The number of benzene rings is 1. The lowest BCUT2D eigenvalue weighted by molar-refractivity contribution is -0.139. The maximum atomic E-state index is 11.9. The zero-order valence-corrected chi connectivity index (χ0v) is 17.7. The highest BCUT2D eigenvalue weighted by Gasteiger charge is 2.26. The average molecular weight is 426 g/mol.